The third kappa shape index (κ3) is 5.57. The van der Waals surface area contributed by atoms with Crippen LogP contribution < -0.4 is 10.1 Å². The monoisotopic (exact) mass is 337 g/mol. The van der Waals surface area contributed by atoms with Crippen molar-refractivity contribution < 1.29 is 29.0 Å². The first-order chi connectivity index (χ1) is 11.1. The van der Waals surface area contributed by atoms with Crippen molar-refractivity contribution in [2.75, 3.05) is 0 Å². The van der Waals surface area contributed by atoms with Gasteiger partial charge in [-0.3, -0.25) is 14.4 Å². The summed E-state index contributed by atoms with van der Waals surface area (Å²) in [5.41, 5.74) is 0.541. The van der Waals surface area contributed by atoms with E-state index in [1.165, 1.54) is 32.9 Å². The summed E-state index contributed by atoms with van der Waals surface area (Å²) in [7, 11) is 0. The van der Waals surface area contributed by atoms with Gasteiger partial charge in [-0.05, 0) is 23.6 Å². The van der Waals surface area contributed by atoms with Gasteiger partial charge >= 0.3 is 11.9 Å². The molecule has 132 valence electrons. The van der Waals surface area contributed by atoms with Crippen LogP contribution >= 0.6 is 0 Å². The Labute approximate surface area is 141 Å². The molecular formula is C17H23NO6. The third-order valence-corrected chi connectivity index (χ3v) is 3.24. The fourth-order valence-electron chi connectivity index (χ4n) is 2.32. The number of rotatable bonds is 6. The second-order valence-corrected chi connectivity index (χ2v) is 5.82. The van der Waals surface area contributed by atoms with E-state index < -0.39 is 24.1 Å². The minimum absolute atomic E-state index is 0.0271. The Hall–Kier alpha value is -2.57. The van der Waals surface area contributed by atoms with Gasteiger partial charge in [-0.25, -0.2) is 0 Å². The molecule has 2 N–H and O–H groups in total. The van der Waals surface area contributed by atoms with Crippen molar-refractivity contribution in [2.24, 2.45) is 5.92 Å². The normalized spacial score (nSPS) is 13.1. The number of aromatic hydroxyl groups is 1. The van der Waals surface area contributed by atoms with Crippen LogP contribution in [0.1, 0.15) is 46.2 Å². The number of hydrogen-bond donors (Lipinski definition) is 2. The molecule has 0 radical (unpaired) electrons. The molecule has 1 aromatic carbocycles. The number of nitrogens with one attached hydrogen (secondary N) is 1. The Morgan fingerprint density at radius 3 is 2.17 bits per heavy atom. The lowest BCUT2D eigenvalue weighted by atomic mass is 9.93. The van der Waals surface area contributed by atoms with E-state index >= 15 is 0 Å². The molecular weight excluding hydrogens is 314 g/mol. The van der Waals surface area contributed by atoms with Gasteiger partial charge in [0.05, 0.1) is 6.04 Å². The predicted molar refractivity (Wildman–Crippen MR) is 86.4 cm³/mol. The number of carbonyl (C=O) groups is 3. The molecule has 0 aromatic heterocycles. The van der Waals surface area contributed by atoms with Crippen molar-refractivity contribution >= 4 is 17.8 Å². The van der Waals surface area contributed by atoms with Crippen LogP contribution in [0.15, 0.2) is 18.2 Å². The molecule has 24 heavy (non-hydrogen) atoms. The molecule has 2 atom stereocenters. The summed E-state index contributed by atoms with van der Waals surface area (Å²) in [5, 5.41) is 12.5. The first-order valence-electron chi connectivity index (χ1n) is 7.57. The molecule has 1 amide bonds. The van der Waals surface area contributed by atoms with Crippen molar-refractivity contribution in [2.45, 2.75) is 46.8 Å². The van der Waals surface area contributed by atoms with Crippen LogP contribution in [-0.2, 0) is 19.1 Å². The van der Waals surface area contributed by atoms with Crippen LogP contribution in [0, 0.1) is 5.92 Å². The minimum atomic E-state index is -0.652. The number of carbonyl (C=O) groups excluding carboxylic acids is 3. The van der Waals surface area contributed by atoms with Gasteiger partial charge in [-0.15, -0.1) is 0 Å². The number of phenols is 1. The number of hydrogen-bond acceptors (Lipinski definition) is 6. The highest BCUT2D eigenvalue weighted by molar-refractivity contribution is 5.74. The molecule has 0 spiro atoms. The zero-order chi connectivity index (χ0) is 18.4. The molecule has 0 bridgehead atoms. The highest BCUT2D eigenvalue weighted by atomic mass is 16.5. The number of esters is 2. The third-order valence-electron chi connectivity index (χ3n) is 3.24. The van der Waals surface area contributed by atoms with Crippen molar-refractivity contribution in [3.8, 4) is 11.5 Å². The Morgan fingerprint density at radius 2 is 1.71 bits per heavy atom. The van der Waals surface area contributed by atoms with E-state index in [2.05, 4.69) is 5.32 Å². The van der Waals surface area contributed by atoms with Crippen molar-refractivity contribution in [3.05, 3.63) is 23.8 Å². The summed E-state index contributed by atoms with van der Waals surface area (Å²) >= 11 is 0. The summed E-state index contributed by atoms with van der Waals surface area (Å²) in [6, 6.07) is 3.72. The van der Waals surface area contributed by atoms with Gasteiger partial charge < -0.3 is 19.9 Å². The Kier molecular flexibility index (Phi) is 6.76. The van der Waals surface area contributed by atoms with Crippen LogP contribution in [0.4, 0.5) is 0 Å². The molecule has 7 heteroatoms. The molecule has 7 nitrogen and oxygen atoms in total. The molecule has 0 heterocycles. The van der Waals surface area contributed by atoms with E-state index in [1.54, 1.807) is 6.07 Å². The molecule has 2 unspecified atom stereocenters. The quantitative estimate of drug-likeness (QED) is 0.609. The second-order valence-electron chi connectivity index (χ2n) is 5.82. The molecule has 0 aliphatic rings. The minimum Gasteiger partial charge on any atom is -0.504 e. The molecule has 0 saturated carbocycles. The topological polar surface area (TPSA) is 102 Å². The van der Waals surface area contributed by atoms with Crippen LogP contribution in [0.3, 0.4) is 0 Å². The SMILES string of the molecule is CC(=O)NC(c1ccc(O)c(OC(C)=O)c1)C(OC(C)=O)C(C)C. The Balaban J connectivity index is 3.30. The molecule has 0 saturated heterocycles. The standard InChI is InChI=1S/C17H23NO6/c1-9(2)17(24-12(5)21)16(18-10(3)19)13-6-7-14(22)15(8-13)23-11(4)20/h6-9,16-17,22H,1-5H3,(H,18,19). The molecule has 1 rings (SSSR count). The summed E-state index contributed by atoms with van der Waals surface area (Å²) in [5.74, 6) is -1.68. The number of ether oxygens (including phenoxy) is 2. The van der Waals surface area contributed by atoms with Crippen molar-refractivity contribution in [1.82, 2.24) is 5.32 Å². The van der Waals surface area contributed by atoms with Gasteiger partial charge in [0.2, 0.25) is 5.91 Å². The average molecular weight is 337 g/mol. The summed E-state index contributed by atoms with van der Waals surface area (Å²) in [6.45, 7) is 7.58. The Morgan fingerprint density at radius 1 is 1.08 bits per heavy atom. The summed E-state index contributed by atoms with van der Waals surface area (Å²) < 4.78 is 10.3. The maximum Gasteiger partial charge on any atom is 0.308 e. The van der Waals surface area contributed by atoms with Gasteiger partial charge in [0.25, 0.3) is 0 Å². The number of benzene rings is 1. The van der Waals surface area contributed by atoms with E-state index in [4.69, 9.17) is 9.47 Å². The van der Waals surface area contributed by atoms with Crippen molar-refractivity contribution in [1.29, 1.82) is 0 Å². The van der Waals surface area contributed by atoms with E-state index in [0.717, 1.165) is 0 Å². The van der Waals surface area contributed by atoms with Crippen LogP contribution in [0.2, 0.25) is 0 Å². The highest BCUT2D eigenvalue weighted by Crippen LogP contribution is 2.33. The molecule has 0 aliphatic heterocycles. The summed E-state index contributed by atoms with van der Waals surface area (Å²) in [6.07, 6.45) is -0.624. The smallest absolute Gasteiger partial charge is 0.308 e. The zero-order valence-corrected chi connectivity index (χ0v) is 14.5. The van der Waals surface area contributed by atoms with Crippen molar-refractivity contribution in [3.63, 3.8) is 0 Å². The van der Waals surface area contributed by atoms with Crippen LogP contribution in [0.5, 0.6) is 11.5 Å². The highest BCUT2D eigenvalue weighted by Gasteiger charge is 2.30. The Bertz CT molecular complexity index is 626. The number of phenolic OH excluding ortho intramolecular Hbond substituents is 1. The average Bonchev–Trinajstić information content (AvgIpc) is 2.44. The first-order valence-corrected chi connectivity index (χ1v) is 7.57. The fraction of sp³-hybridized carbons (Fsp3) is 0.471. The van der Waals surface area contributed by atoms with E-state index in [0.29, 0.717) is 5.56 Å². The zero-order valence-electron chi connectivity index (χ0n) is 14.5. The van der Waals surface area contributed by atoms with E-state index in [1.807, 2.05) is 13.8 Å². The summed E-state index contributed by atoms with van der Waals surface area (Å²) in [4.78, 5) is 34.1. The first kappa shape index (κ1) is 19.5. The second kappa shape index (κ2) is 8.33. The maximum absolute atomic E-state index is 11.6. The lowest BCUT2D eigenvalue weighted by molar-refractivity contribution is -0.151. The van der Waals surface area contributed by atoms with Gasteiger partial charge in [-0.2, -0.15) is 0 Å². The largest absolute Gasteiger partial charge is 0.504 e. The fourth-order valence-corrected chi connectivity index (χ4v) is 2.32. The molecule has 0 fully saturated rings. The van der Waals surface area contributed by atoms with Crippen LogP contribution in [-0.4, -0.2) is 29.1 Å². The predicted octanol–water partition coefficient (Wildman–Crippen LogP) is 2.08. The maximum atomic E-state index is 11.6. The lowest BCUT2D eigenvalue weighted by Crippen LogP contribution is -2.40. The van der Waals surface area contributed by atoms with Crippen LogP contribution in [0.25, 0.3) is 0 Å². The van der Waals surface area contributed by atoms with E-state index in [-0.39, 0.29) is 23.3 Å². The van der Waals surface area contributed by atoms with Gasteiger partial charge in [0.1, 0.15) is 6.10 Å². The van der Waals surface area contributed by atoms with Gasteiger partial charge in [0, 0.05) is 20.8 Å². The lowest BCUT2D eigenvalue weighted by Gasteiger charge is -2.30. The van der Waals surface area contributed by atoms with Gasteiger partial charge in [0.15, 0.2) is 11.5 Å². The number of amides is 1. The van der Waals surface area contributed by atoms with E-state index in [9.17, 15) is 19.5 Å². The molecule has 0 aliphatic carbocycles. The van der Waals surface area contributed by atoms with Gasteiger partial charge in [-0.1, -0.05) is 19.9 Å². The molecule has 1 aromatic rings.